The van der Waals surface area contributed by atoms with E-state index >= 15 is 0 Å². The fourth-order valence-electron chi connectivity index (χ4n) is 1.69. The summed E-state index contributed by atoms with van der Waals surface area (Å²) in [5.74, 6) is -0.350. The summed E-state index contributed by atoms with van der Waals surface area (Å²) in [6.45, 7) is 0. The van der Waals surface area contributed by atoms with Gasteiger partial charge >= 0.3 is 6.03 Å². The van der Waals surface area contributed by atoms with Crippen LogP contribution in [-0.4, -0.2) is 11.9 Å². The van der Waals surface area contributed by atoms with Crippen molar-refractivity contribution in [1.29, 1.82) is 0 Å². The fourth-order valence-corrected chi connectivity index (χ4v) is 2.25. The number of urea groups is 1. The van der Waals surface area contributed by atoms with Crippen molar-refractivity contribution in [2.45, 2.75) is 0 Å². The molecule has 21 heavy (non-hydrogen) atoms. The number of hydrogen-bond acceptors (Lipinski definition) is 2. The molecule has 3 amide bonds. The first kappa shape index (κ1) is 15.3. The van der Waals surface area contributed by atoms with E-state index in [1.54, 1.807) is 42.5 Å². The lowest BCUT2D eigenvalue weighted by Crippen LogP contribution is -2.19. The number of anilines is 2. The van der Waals surface area contributed by atoms with Gasteiger partial charge in [-0.3, -0.25) is 4.79 Å². The third-order valence-electron chi connectivity index (χ3n) is 2.56. The van der Waals surface area contributed by atoms with Gasteiger partial charge in [-0.2, -0.15) is 0 Å². The minimum Gasteiger partial charge on any atom is -0.351 e. The molecule has 2 aromatic carbocycles. The molecule has 2 rings (SSSR count). The van der Waals surface area contributed by atoms with Crippen molar-refractivity contribution in [1.82, 2.24) is 0 Å². The second kappa shape index (κ2) is 6.60. The molecule has 0 saturated carbocycles. The molecule has 7 heteroatoms. The van der Waals surface area contributed by atoms with Gasteiger partial charge in [0, 0.05) is 15.8 Å². The molecule has 0 aliphatic carbocycles. The van der Waals surface area contributed by atoms with Gasteiger partial charge in [0.15, 0.2) is 0 Å². The number of hydrogen-bond donors (Lipinski definition) is 3. The van der Waals surface area contributed by atoms with Crippen LogP contribution in [0.3, 0.4) is 0 Å². The molecule has 0 unspecified atom stereocenters. The number of carbonyl (C=O) groups excluding carboxylic acids is 2. The maximum atomic E-state index is 12.2. The quantitative estimate of drug-likeness (QED) is 0.769. The molecule has 0 aromatic heterocycles. The number of carbonyl (C=O) groups is 2. The third kappa shape index (κ3) is 4.21. The predicted octanol–water partition coefficient (Wildman–Crippen LogP) is 3.85. The monoisotopic (exact) mass is 367 g/mol. The zero-order valence-electron chi connectivity index (χ0n) is 10.7. The van der Waals surface area contributed by atoms with Crippen molar-refractivity contribution in [3.8, 4) is 0 Å². The molecule has 108 valence electrons. The maximum absolute atomic E-state index is 12.2. The Labute approximate surface area is 134 Å². The molecule has 0 radical (unpaired) electrons. The molecule has 0 fully saturated rings. The molecule has 0 aliphatic rings. The lowest BCUT2D eigenvalue weighted by molar-refractivity contribution is 0.102. The Bertz CT molecular complexity index is 706. The van der Waals surface area contributed by atoms with Crippen LogP contribution < -0.4 is 16.4 Å². The van der Waals surface area contributed by atoms with Crippen LogP contribution in [0.2, 0.25) is 5.02 Å². The summed E-state index contributed by atoms with van der Waals surface area (Å²) in [6, 6.07) is 11.0. The van der Waals surface area contributed by atoms with Gasteiger partial charge < -0.3 is 16.4 Å². The summed E-state index contributed by atoms with van der Waals surface area (Å²) in [7, 11) is 0. The van der Waals surface area contributed by atoms with E-state index in [1.807, 2.05) is 0 Å². The van der Waals surface area contributed by atoms with Gasteiger partial charge in [0.05, 0.1) is 10.6 Å². The van der Waals surface area contributed by atoms with Gasteiger partial charge in [0.25, 0.3) is 5.91 Å². The number of halogens is 2. The standard InChI is InChI=1S/C14H11BrClN3O2/c15-8-4-5-12(16)11(6-8)13(20)18-9-2-1-3-10(7-9)19-14(17)21/h1-7H,(H,18,20)(H3,17,19,21). The zero-order valence-corrected chi connectivity index (χ0v) is 13.0. The summed E-state index contributed by atoms with van der Waals surface area (Å²) in [4.78, 5) is 23.0. The van der Waals surface area contributed by atoms with Crippen LogP contribution in [0.5, 0.6) is 0 Å². The average Bonchev–Trinajstić information content (AvgIpc) is 2.41. The van der Waals surface area contributed by atoms with Crippen molar-refractivity contribution < 1.29 is 9.59 Å². The van der Waals surface area contributed by atoms with Crippen molar-refractivity contribution in [3.05, 3.63) is 57.5 Å². The maximum Gasteiger partial charge on any atom is 0.316 e. The topological polar surface area (TPSA) is 84.2 Å². The third-order valence-corrected chi connectivity index (χ3v) is 3.38. The molecule has 2 aromatic rings. The summed E-state index contributed by atoms with van der Waals surface area (Å²) in [5, 5.41) is 5.49. The molecular formula is C14H11BrClN3O2. The SMILES string of the molecule is NC(=O)Nc1cccc(NC(=O)c2cc(Br)ccc2Cl)c1. The Morgan fingerprint density at radius 3 is 2.38 bits per heavy atom. The largest absolute Gasteiger partial charge is 0.351 e. The molecule has 0 bridgehead atoms. The Kier molecular flexibility index (Phi) is 4.82. The average molecular weight is 369 g/mol. The van der Waals surface area contributed by atoms with Crippen molar-refractivity contribution in [3.63, 3.8) is 0 Å². The zero-order chi connectivity index (χ0) is 15.4. The number of nitrogens with one attached hydrogen (secondary N) is 2. The number of rotatable bonds is 3. The molecule has 4 N–H and O–H groups in total. The number of primary amides is 1. The van der Waals surface area contributed by atoms with Gasteiger partial charge in [-0.15, -0.1) is 0 Å². The minimum atomic E-state index is -0.673. The van der Waals surface area contributed by atoms with E-state index in [2.05, 4.69) is 26.6 Å². The Balaban J connectivity index is 2.19. The number of benzene rings is 2. The van der Waals surface area contributed by atoms with Crippen LogP contribution >= 0.6 is 27.5 Å². The molecule has 0 spiro atoms. The minimum absolute atomic E-state index is 0.347. The van der Waals surface area contributed by atoms with E-state index in [1.165, 1.54) is 0 Å². The van der Waals surface area contributed by atoms with Crippen LogP contribution in [0.4, 0.5) is 16.2 Å². The van der Waals surface area contributed by atoms with Gasteiger partial charge in [-0.05, 0) is 36.4 Å². The summed E-state index contributed by atoms with van der Waals surface area (Å²) >= 11 is 9.29. The highest BCUT2D eigenvalue weighted by Crippen LogP contribution is 2.23. The molecule has 0 atom stereocenters. The molecule has 0 heterocycles. The van der Waals surface area contributed by atoms with Crippen LogP contribution in [0.1, 0.15) is 10.4 Å². The Morgan fingerprint density at radius 2 is 1.71 bits per heavy atom. The Morgan fingerprint density at radius 1 is 1.05 bits per heavy atom. The second-order valence-electron chi connectivity index (χ2n) is 4.15. The second-order valence-corrected chi connectivity index (χ2v) is 5.47. The van der Waals surface area contributed by atoms with E-state index in [-0.39, 0.29) is 5.91 Å². The van der Waals surface area contributed by atoms with Gasteiger partial charge in [-0.25, -0.2) is 4.79 Å². The van der Waals surface area contributed by atoms with Crippen molar-refractivity contribution in [2.24, 2.45) is 5.73 Å². The van der Waals surface area contributed by atoms with E-state index in [0.717, 1.165) is 4.47 Å². The van der Waals surface area contributed by atoms with Crippen LogP contribution in [0, 0.1) is 0 Å². The molecular weight excluding hydrogens is 358 g/mol. The number of nitrogens with two attached hydrogens (primary N) is 1. The smallest absolute Gasteiger partial charge is 0.316 e. The lowest BCUT2D eigenvalue weighted by atomic mass is 10.2. The predicted molar refractivity (Wildman–Crippen MR) is 86.8 cm³/mol. The first-order chi connectivity index (χ1) is 9.95. The van der Waals surface area contributed by atoms with E-state index in [4.69, 9.17) is 17.3 Å². The van der Waals surface area contributed by atoms with E-state index < -0.39 is 6.03 Å². The molecule has 0 saturated heterocycles. The highest BCUT2D eigenvalue weighted by molar-refractivity contribution is 9.10. The lowest BCUT2D eigenvalue weighted by Gasteiger charge is -2.09. The Hall–Kier alpha value is -2.05. The highest BCUT2D eigenvalue weighted by Gasteiger charge is 2.11. The van der Waals surface area contributed by atoms with Crippen molar-refractivity contribution >= 4 is 50.8 Å². The summed E-state index contributed by atoms with van der Waals surface area (Å²) in [6.07, 6.45) is 0. The summed E-state index contributed by atoms with van der Waals surface area (Å²) < 4.78 is 0.751. The first-order valence-electron chi connectivity index (χ1n) is 5.88. The van der Waals surface area contributed by atoms with Gasteiger partial charge in [0.1, 0.15) is 0 Å². The van der Waals surface area contributed by atoms with E-state index in [0.29, 0.717) is 22.0 Å². The van der Waals surface area contributed by atoms with Crippen LogP contribution in [-0.2, 0) is 0 Å². The number of amides is 3. The van der Waals surface area contributed by atoms with Crippen LogP contribution in [0.15, 0.2) is 46.9 Å². The fraction of sp³-hybridized carbons (Fsp3) is 0. The van der Waals surface area contributed by atoms with Gasteiger partial charge in [-0.1, -0.05) is 33.6 Å². The van der Waals surface area contributed by atoms with Crippen LogP contribution in [0.25, 0.3) is 0 Å². The normalized spacial score (nSPS) is 10.0. The molecule has 0 aliphatic heterocycles. The molecule has 5 nitrogen and oxygen atoms in total. The highest BCUT2D eigenvalue weighted by atomic mass is 79.9. The van der Waals surface area contributed by atoms with Gasteiger partial charge in [0.2, 0.25) is 0 Å². The first-order valence-corrected chi connectivity index (χ1v) is 7.06. The van der Waals surface area contributed by atoms with E-state index in [9.17, 15) is 9.59 Å². The van der Waals surface area contributed by atoms with Crippen molar-refractivity contribution in [2.75, 3.05) is 10.6 Å². The summed E-state index contributed by atoms with van der Waals surface area (Å²) in [5.41, 5.74) is 6.39.